The normalized spacial score (nSPS) is 19.3. The van der Waals surface area contributed by atoms with Crippen LogP contribution < -0.4 is 9.96 Å². The average molecular weight is 246 g/mol. The van der Waals surface area contributed by atoms with Crippen LogP contribution in [0.2, 0.25) is 0 Å². The lowest BCUT2D eigenvalue weighted by Crippen LogP contribution is -2.70. The molecule has 5 heteroatoms. The molecule has 0 amide bonds. The number of hydrogen-bond donors (Lipinski definition) is 2. The number of rotatable bonds is 6. The zero-order valence-electron chi connectivity index (χ0n) is 11.0. The van der Waals surface area contributed by atoms with E-state index in [1.54, 1.807) is 14.2 Å². The van der Waals surface area contributed by atoms with Crippen molar-refractivity contribution in [2.75, 3.05) is 14.2 Å². The molecule has 1 fully saturated rings. The van der Waals surface area contributed by atoms with Crippen LogP contribution in [0.25, 0.3) is 0 Å². The molecule has 96 valence electrons. The van der Waals surface area contributed by atoms with Gasteiger partial charge < -0.3 is 8.85 Å². The molecule has 0 aromatic carbocycles. The molecule has 2 N–H and O–H groups in total. The molecule has 4 nitrogen and oxygen atoms in total. The van der Waals surface area contributed by atoms with Gasteiger partial charge in [-0.2, -0.15) is 0 Å². The third-order valence-corrected chi connectivity index (χ3v) is 5.95. The second kappa shape index (κ2) is 6.71. The quantitative estimate of drug-likeness (QED) is 0.699. The van der Waals surface area contributed by atoms with Gasteiger partial charge in [-0.05, 0) is 12.8 Å². The van der Waals surface area contributed by atoms with E-state index in [1.165, 1.54) is 32.1 Å². The maximum atomic E-state index is 5.60. The average Bonchev–Trinajstić information content (AvgIpc) is 2.29. The van der Waals surface area contributed by atoms with Crippen LogP contribution in [0.4, 0.5) is 0 Å². The SMILES string of the molecule is CO[Si](NC(C)C)(NC1CCCCC1)OC. The Morgan fingerprint density at radius 2 is 1.62 bits per heavy atom. The summed E-state index contributed by atoms with van der Waals surface area (Å²) in [5, 5.41) is 0. The summed E-state index contributed by atoms with van der Waals surface area (Å²) in [5.41, 5.74) is 0. The van der Waals surface area contributed by atoms with E-state index in [1.807, 2.05) is 0 Å². The van der Waals surface area contributed by atoms with Crippen molar-refractivity contribution in [3.63, 3.8) is 0 Å². The maximum absolute atomic E-state index is 5.60. The van der Waals surface area contributed by atoms with Gasteiger partial charge in [-0.3, -0.25) is 9.96 Å². The fourth-order valence-electron chi connectivity index (χ4n) is 2.26. The molecule has 0 bridgehead atoms. The first-order valence-electron chi connectivity index (χ1n) is 6.27. The third-order valence-electron chi connectivity index (χ3n) is 3.05. The Hall–Kier alpha value is 0.0569. The molecule has 0 aromatic rings. The molecule has 0 radical (unpaired) electrons. The van der Waals surface area contributed by atoms with Gasteiger partial charge in [0.05, 0.1) is 0 Å². The molecule has 16 heavy (non-hydrogen) atoms. The monoisotopic (exact) mass is 246 g/mol. The van der Waals surface area contributed by atoms with Crippen molar-refractivity contribution in [2.24, 2.45) is 0 Å². The standard InChI is InChI=1S/C11H26N2O2Si/c1-10(2)12-16(14-3,15-4)13-11-8-6-5-7-9-11/h10-13H,5-9H2,1-4H3. The molecule has 0 atom stereocenters. The summed E-state index contributed by atoms with van der Waals surface area (Å²) in [6.07, 6.45) is 6.47. The Labute approximate surface area is 100 Å². The van der Waals surface area contributed by atoms with Crippen molar-refractivity contribution in [3.8, 4) is 0 Å². The van der Waals surface area contributed by atoms with Crippen molar-refractivity contribution in [1.29, 1.82) is 0 Å². The second-order valence-corrected chi connectivity index (χ2v) is 7.43. The Kier molecular flexibility index (Phi) is 5.92. The summed E-state index contributed by atoms with van der Waals surface area (Å²) < 4.78 is 11.2. The Morgan fingerprint density at radius 3 is 2.06 bits per heavy atom. The van der Waals surface area contributed by atoms with Gasteiger partial charge in [-0.15, -0.1) is 0 Å². The lowest BCUT2D eigenvalue weighted by Gasteiger charge is -2.35. The molecule has 1 aliphatic rings. The molecule has 0 aliphatic heterocycles. The van der Waals surface area contributed by atoms with Crippen LogP contribution >= 0.6 is 0 Å². The fraction of sp³-hybridized carbons (Fsp3) is 1.00. The molecule has 0 unspecified atom stereocenters. The zero-order valence-corrected chi connectivity index (χ0v) is 12.0. The van der Waals surface area contributed by atoms with E-state index in [0.717, 1.165) is 0 Å². The van der Waals surface area contributed by atoms with Gasteiger partial charge in [0.1, 0.15) is 0 Å². The van der Waals surface area contributed by atoms with Gasteiger partial charge in [0, 0.05) is 26.3 Å². The fourth-order valence-corrected chi connectivity index (χ4v) is 4.56. The van der Waals surface area contributed by atoms with Gasteiger partial charge in [0.15, 0.2) is 0 Å². The molecular formula is C11H26N2O2Si. The molecule has 0 saturated heterocycles. The highest BCUT2D eigenvalue weighted by Crippen LogP contribution is 2.18. The minimum atomic E-state index is -2.39. The van der Waals surface area contributed by atoms with Crippen molar-refractivity contribution in [3.05, 3.63) is 0 Å². The Balaban J connectivity index is 2.53. The Bertz CT molecular complexity index is 192. The maximum Gasteiger partial charge on any atom is 0.516 e. The minimum Gasteiger partial charge on any atom is -0.374 e. The lowest BCUT2D eigenvalue weighted by atomic mass is 9.96. The molecule has 0 spiro atoms. The van der Waals surface area contributed by atoms with E-state index in [-0.39, 0.29) is 0 Å². The number of hydrogen-bond acceptors (Lipinski definition) is 4. The van der Waals surface area contributed by atoms with Gasteiger partial charge in [-0.25, -0.2) is 0 Å². The molecule has 1 saturated carbocycles. The molecule has 0 aromatic heterocycles. The minimum absolute atomic E-state index is 0.364. The number of nitrogens with one attached hydrogen (secondary N) is 2. The second-order valence-electron chi connectivity index (χ2n) is 4.80. The predicted octanol–water partition coefficient (Wildman–Crippen LogP) is 1.64. The topological polar surface area (TPSA) is 42.5 Å². The van der Waals surface area contributed by atoms with E-state index in [0.29, 0.717) is 12.1 Å². The van der Waals surface area contributed by atoms with Crippen molar-refractivity contribution < 1.29 is 8.85 Å². The summed E-state index contributed by atoms with van der Waals surface area (Å²) in [5.74, 6) is 0. The van der Waals surface area contributed by atoms with Gasteiger partial charge in [0.2, 0.25) is 0 Å². The van der Waals surface area contributed by atoms with Crippen LogP contribution in [-0.2, 0) is 8.85 Å². The van der Waals surface area contributed by atoms with Gasteiger partial charge in [0.25, 0.3) is 0 Å². The first-order valence-corrected chi connectivity index (χ1v) is 8.09. The summed E-state index contributed by atoms with van der Waals surface area (Å²) >= 11 is 0. The van der Waals surface area contributed by atoms with Crippen molar-refractivity contribution in [2.45, 2.75) is 58.0 Å². The summed E-state index contributed by atoms with van der Waals surface area (Å²) in [4.78, 5) is 7.01. The van der Waals surface area contributed by atoms with E-state index in [4.69, 9.17) is 8.85 Å². The largest absolute Gasteiger partial charge is 0.516 e. The smallest absolute Gasteiger partial charge is 0.374 e. The van der Waals surface area contributed by atoms with E-state index in [9.17, 15) is 0 Å². The van der Waals surface area contributed by atoms with Crippen LogP contribution in [-0.4, -0.2) is 35.2 Å². The van der Waals surface area contributed by atoms with E-state index >= 15 is 0 Å². The molecule has 0 heterocycles. The predicted molar refractivity (Wildman–Crippen MR) is 68.1 cm³/mol. The third kappa shape index (κ3) is 4.14. The van der Waals surface area contributed by atoms with E-state index in [2.05, 4.69) is 23.8 Å². The van der Waals surface area contributed by atoms with Gasteiger partial charge >= 0.3 is 8.88 Å². The first-order chi connectivity index (χ1) is 7.62. The Morgan fingerprint density at radius 1 is 1.06 bits per heavy atom. The zero-order chi connectivity index (χ0) is 12.0. The lowest BCUT2D eigenvalue weighted by molar-refractivity contribution is 0.196. The van der Waals surface area contributed by atoms with Crippen LogP contribution in [0.3, 0.4) is 0 Å². The van der Waals surface area contributed by atoms with Crippen molar-refractivity contribution >= 4 is 8.88 Å². The highest BCUT2D eigenvalue weighted by atomic mass is 28.4. The summed E-state index contributed by atoms with van der Waals surface area (Å²) in [6, 6.07) is 0.911. The molecule has 1 rings (SSSR count). The van der Waals surface area contributed by atoms with Crippen molar-refractivity contribution in [1.82, 2.24) is 9.96 Å². The first kappa shape index (κ1) is 14.1. The van der Waals surface area contributed by atoms with Crippen LogP contribution in [0.15, 0.2) is 0 Å². The summed E-state index contributed by atoms with van der Waals surface area (Å²) in [6.45, 7) is 4.23. The van der Waals surface area contributed by atoms with Gasteiger partial charge in [-0.1, -0.05) is 33.1 Å². The highest BCUT2D eigenvalue weighted by Gasteiger charge is 2.40. The van der Waals surface area contributed by atoms with E-state index < -0.39 is 8.88 Å². The van der Waals surface area contributed by atoms with Crippen LogP contribution in [0.1, 0.15) is 46.0 Å². The molecule has 1 aliphatic carbocycles. The highest BCUT2D eigenvalue weighted by molar-refractivity contribution is 6.62. The van der Waals surface area contributed by atoms with Crippen LogP contribution in [0.5, 0.6) is 0 Å². The molecular weight excluding hydrogens is 220 g/mol. The van der Waals surface area contributed by atoms with Crippen LogP contribution in [0, 0.1) is 0 Å². The summed E-state index contributed by atoms with van der Waals surface area (Å²) in [7, 11) is 1.05.